The van der Waals surface area contributed by atoms with Crippen molar-refractivity contribution >= 4 is 17.3 Å². The Morgan fingerprint density at radius 1 is 1.12 bits per heavy atom. The van der Waals surface area contributed by atoms with Gasteiger partial charge in [-0.3, -0.25) is 4.90 Å². The van der Waals surface area contributed by atoms with E-state index in [0.717, 1.165) is 30.4 Å². The molecular formula is C21H27ClN2O2. The third-order valence-corrected chi connectivity index (χ3v) is 5.12. The third-order valence-electron chi connectivity index (χ3n) is 4.87. The summed E-state index contributed by atoms with van der Waals surface area (Å²) >= 11 is 5.97. The standard InChI is InChI=1S/C21H27ClN2O2/c1-16-3-9-21(10-4-16)26-15-20(25)14-23-11-12-24(13-17(23)2)19-7-5-18(22)6-8-19/h3-10,17,20,25H,11-15H2,1-2H3/t17-,20-/m0/s1. The van der Waals surface area contributed by atoms with Gasteiger partial charge in [0.25, 0.3) is 0 Å². The van der Waals surface area contributed by atoms with Gasteiger partial charge >= 0.3 is 0 Å². The lowest BCUT2D eigenvalue weighted by atomic mass is 10.1. The number of aliphatic hydroxyl groups excluding tert-OH is 1. The van der Waals surface area contributed by atoms with Crippen LogP contribution in [0.25, 0.3) is 0 Å². The average molecular weight is 375 g/mol. The van der Waals surface area contributed by atoms with Gasteiger partial charge in [-0.25, -0.2) is 0 Å². The molecule has 0 aliphatic carbocycles. The number of hydrogen-bond acceptors (Lipinski definition) is 4. The van der Waals surface area contributed by atoms with E-state index < -0.39 is 6.10 Å². The van der Waals surface area contributed by atoms with Gasteiger partial charge in [-0.1, -0.05) is 29.3 Å². The highest BCUT2D eigenvalue weighted by Gasteiger charge is 2.25. The van der Waals surface area contributed by atoms with E-state index in [-0.39, 0.29) is 0 Å². The first-order valence-electron chi connectivity index (χ1n) is 9.13. The van der Waals surface area contributed by atoms with Crippen molar-refractivity contribution in [2.24, 2.45) is 0 Å². The highest BCUT2D eigenvalue weighted by molar-refractivity contribution is 6.30. The van der Waals surface area contributed by atoms with Crippen LogP contribution < -0.4 is 9.64 Å². The molecule has 5 heteroatoms. The lowest BCUT2D eigenvalue weighted by Gasteiger charge is -2.41. The van der Waals surface area contributed by atoms with Crippen LogP contribution in [0.5, 0.6) is 5.75 Å². The summed E-state index contributed by atoms with van der Waals surface area (Å²) in [5.74, 6) is 0.801. The quantitative estimate of drug-likeness (QED) is 0.838. The zero-order valence-corrected chi connectivity index (χ0v) is 16.2. The normalized spacial score (nSPS) is 19.4. The Hall–Kier alpha value is -1.75. The van der Waals surface area contributed by atoms with Crippen LogP contribution in [0, 0.1) is 6.92 Å². The summed E-state index contributed by atoms with van der Waals surface area (Å²) in [5.41, 5.74) is 2.40. The summed E-state index contributed by atoms with van der Waals surface area (Å²) in [6.45, 7) is 7.99. The van der Waals surface area contributed by atoms with Crippen LogP contribution in [0.4, 0.5) is 5.69 Å². The Balaban J connectivity index is 1.46. The van der Waals surface area contributed by atoms with Crippen LogP contribution in [0.2, 0.25) is 5.02 Å². The third kappa shape index (κ3) is 5.13. The Morgan fingerprint density at radius 2 is 1.81 bits per heavy atom. The lowest BCUT2D eigenvalue weighted by molar-refractivity contribution is 0.0512. The van der Waals surface area contributed by atoms with Gasteiger partial charge in [0.15, 0.2) is 0 Å². The smallest absolute Gasteiger partial charge is 0.119 e. The largest absolute Gasteiger partial charge is 0.491 e. The van der Waals surface area contributed by atoms with Crippen molar-refractivity contribution in [3.05, 3.63) is 59.1 Å². The molecule has 1 N–H and O–H groups in total. The van der Waals surface area contributed by atoms with E-state index in [1.165, 1.54) is 11.3 Å². The fourth-order valence-electron chi connectivity index (χ4n) is 3.30. The number of benzene rings is 2. The van der Waals surface area contributed by atoms with Crippen LogP contribution in [-0.4, -0.2) is 54.9 Å². The zero-order valence-electron chi connectivity index (χ0n) is 15.4. The molecule has 0 bridgehead atoms. The van der Waals surface area contributed by atoms with Crippen LogP contribution in [-0.2, 0) is 0 Å². The summed E-state index contributed by atoms with van der Waals surface area (Å²) in [5, 5.41) is 11.1. The Bertz CT molecular complexity index is 690. The van der Waals surface area contributed by atoms with E-state index in [1.807, 2.05) is 43.3 Å². The lowest BCUT2D eigenvalue weighted by Crippen LogP contribution is -2.54. The minimum absolute atomic E-state index is 0.313. The molecule has 140 valence electrons. The van der Waals surface area contributed by atoms with Crippen molar-refractivity contribution in [3.63, 3.8) is 0 Å². The molecule has 0 amide bonds. The minimum Gasteiger partial charge on any atom is -0.491 e. The second kappa shape index (κ2) is 8.76. The van der Waals surface area contributed by atoms with E-state index in [1.54, 1.807) is 0 Å². The van der Waals surface area contributed by atoms with E-state index in [0.29, 0.717) is 19.2 Å². The summed E-state index contributed by atoms with van der Waals surface area (Å²) in [6, 6.07) is 16.3. The fourth-order valence-corrected chi connectivity index (χ4v) is 3.43. The molecule has 3 rings (SSSR count). The van der Waals surface area contributed by atoms with Crippen molar-refractivity contribution in [3.8, 4) is 5.75 Å². The SMILES string of the molecule is Cc1ccc(OC[C@@H](O)CN2CCN(c3ccc(Cl)cc3)C[C@@H]2C)cc1. The average Bonchev–Trinajstić information content (AvgIpc) is 2.63. The van der Waals surface area contributed by atoms with Crippen molar-refractivity contribution in [1.29, 1.82) is 0 Å². The molecule has 1 aliphatic rings. The van der Waals surface area contributed by atoms with Crippen LogP contribution >= 0.6 is 11.6 Å². The molecule has 0 unspecified atom stereocenters. The molecule has 1 saturated heterocycles. The molecule has 2 aromatic carbocycles. The zero-order chi connectivity index (χ0) is 18.5. The van der Waals surface area contributed by atoms with Gasteiger partial charge in [0, 0.05) is 42.9 Å². The van der Waals surface area contributed by atoms with Crippen molar-refractivity contribution in [1.82, 2.24) is 4.90 Å². The maximum absolute atomic E-state index is 10.4. The molecule has 2 aromatic rings. The maximum atomic E-state index is 10.4. The number of piperazine rings is 1. The van der Waals surface area contributed by atoms with Gasteiger partial charge < -0.3 is 14.7 Å². The van der Waals surface area contributed by atoms with Gasteiger partial charge in [0.05, 0.1) is 0 Å². The number of aryl methyl sites for hydroxylation is 1. The van der Waals surface area contributed by atoms with Crippen LogP contribution in [0.3, 0.4) is 0 Å². The molecule has 1 aliphatic heterocycles. The first kappa shape index (κ1) is 19.0. The summed E-state index contributed by atoms with van der Waals surface area (Å²) in [6.07, 6.45) is -0.499. The molecule has 2 atom stereocenters. The van der Waals surface area contributed by atoms with Crippen molar-refractivity contribution < 1.29 is 9.84 Å². The first-order chi connectivity index (χ1) is 12.5. The van der Waals surface area contributed by atoms with Gasteiger partial charge in [0.2, 0.25) is 0 Å². The molecule has 1 heterocycles. The predicted octanol–water partition coefficient (Wildman–Crippen LogP) is 3.60. The molecule has 1 fully saturated rings. The highest BCUT2D eigenvalue weighted by Crippen LogP contribution is 2.21. The van der Waals surface area contributed by atoms with Crippen molar-refractivity contribution in [2.75, 3.05) is 37.7 Å². The van der Waals surface area contributed by atoms with E-state index in [9.17, 15) is 5.11 Å². The maximum Gasteiger partial charge on any atom is 0.119 e. The Labute approximate surface area is 160 Å². The van der Waals surface area contributed by atoms with E-state index >= 15 is 0 Å². The number of aliphatic hydroxyl groups is 1. The molecular weight excluding hydrogens is 348 g/mol. The number of ether oxygens (including phenoxy) is 1. The monoisotopic (exact) mass is 374 g/mol. The highest BCUT2D eigenvalue weighted by atomic mass is 35.5. The number of hydrogen-bond donors (Lipinski definition) is 1. The number of rotatable bonds is 6. The summed E-state index contributed by atoms with van der Waals surface area (Å²) < 4.78 is 5.70. The molecule has 4 nitrogen and oxygen atoms in total. The first-order valence-corrected chi connectivity index (χ1v) is 9.51. The number of anilines is 1. The molecule has 0 spiro atoms. The van der Waals surface area contributed by atoms with Gasteiger partial charge in [-0.15, -0.1) is 0 Å². The van der Waals surface area contributed by atoms with Gasteiger partial charge in [0.1, 0.15) is 18.5 Å². The number of β-amino-alcohol motifs (C(OH)–C–C–N with tert-alkyl or cyclic N) is 1. The van der Waals surface area contributed by atoms with Gasteiger partial charge in [-0.05, 0) is 50.2 Å². The minimum atomic E-state index is -0.499. The Morgan fingerprint density at radius 3 is 2.46 bits per heavy atom. The second-order valence-electron chi connectivity index (χ2n) is 7.04. The van der Waals surface area contributed by atoms with Crippen molar-refractivity contribution in [2.45, 2.75) is 26.0 Å². The van der Waals surface area contributed by atoms with Crippen LogP contribution in [0.15, 0.2) is 48.5 Å². The van der Waals surface area contributed by atoms with Gasteiger partial charge in [-0.2, -0.15) is 0 Å². The predicted molar refractivity (Wildman–Crippen MR) is 107 cm³/mol. The summed E-state index contributed by atoms with van der Waals surface area (Å²) in [4.78, 5) is 4.70. The van der Waals surface area contributed by atoms with E-state index in [2.05, 4.69) is 28.9 Å². The summed E-state index contributed by atoms with van der Waals surface area (Å²) in [7, 11) is 0. The molecule has 0 saturated carbocycles. The Kier molecular flexibility index (Phi) is 6.41. The van der Waals surface area contributed by atoms with E-state index in [4.69, 9.17) is 16.3 Å². The molecule has 0 radical (unpaired) electrons. The topological polar surface area (TPSA) is 35.9 Å². The molecule has 26 heavy (non-hydrogen) atoms. The number of halogens is 1. The number of nitrogens with zero attached hydrogens (tertiary/aromatic N) is 2. The van der Waals surface area contributed by atoms with Crippen LogP contribution in [0.1, 0.15) is 12.5 Å². The fraction of sp³-hybridized carbons (Fsp3) is 0.429. The second-order valence-corrected chi connectivity index (χ2v) is 7.48. The molecule has 0 aromatic heterocycles.